The fourth-order valence-electron chi connectivity index (χ4n) is 2.97. The van der Waals surface area contributed by atoms with E-state index in [1.54, 1.807) is 6.07 Å². The van der Waals surface area contributed by atoms with Crippen molar-refractivity contribution in [2.75, 3.05) is 11.3 Å². The number of halogens is 3. The summed E-state index contributed by atoms with van der Waals surface area (Å²) in [7, 11) is -4.62. The highest BCUT2D eigenvalue weighted by Crippen LogP contribution is 2.27. The van der Waals surface area contributed by atoms with E-state index in [9.17, 15) is 22.0 Å². The van der Waals surface area contributed by atoms with E-state index >= 15 is 0 Å². The Bertz CT molecular complexity index is 1180. The van der Waals surface area contributed by atoms with Crippen molar-refractivity contribution < 1.29 is 22.0 Å². The van der Waals surface area contributed by atoms with Gasteiger partial charge in [0.1, 0.15) is 11.6 Å². The van der Waals surface area contributed by atoms with Crippen LogP contribution in [0.2, 0.25) is 0 Å². The number of carbonyl (C=O) groups excluding carboxylic acids is 1. The number of hydrogen-bond acceptors (Lipinski definition) is 3. The Kier molecular flexibility index (Phi) is 7.07. The Balaban J connectivity index is 1.84. The molecule has 3 aromatic carbocycles. The molecule has 9 heteroatoms. The van der Waals surface area contributed by atoms with Gasteiger partial charge in [-0.05, 0) is 41.8 Å². The molecule has 0 unspecified atom stereocenters. The minimum atomic E-state index is -4.62. The lowest BCUT2D eigenvalue weighted by atomic mass is 10.0. The number of anilines is 1. The van der Waals surface area contributed by atoms with E-state index in [0.29, 0.717) is 11.0 Å². The lowest BCUT2D eigenvalue weighted by Gasteiger charge is -2.16. The van der Waals surface area contributed by atoms with Crippen molar-refractivity contribution in [3.05, 3.63) is 94.0 Å². The van der Waals surface area contributed by atoms with Gasteiger partial charge in [0.15, 0.2) is 4.90 Å². The van der Waals surface area contributed by atoms with Gasteiger partial charge < -0.3 is 5.32 Å². The molecular weight excluding hydrogens is 490 g/mol. The molecule has 0 aromatic heterocycles. The number of rotatable bonds is 7. The van der Waals surface area contributed by atoms with Gasteiger partial charge in [-0.1, -0.05) is 59.3 Å². The van der Waals surface area contributed by atoms with Crippen LogP contribution in [0.1, 0.15) is 28.8 Å². The standard InChI is InChI=1S/C22H19BrF2N2O3S/c1-14(15-6-3-2-4-7-15)13-26-22(28)17-11-10-16(23)12-20(17)27-31(29,30)21-18(24)8-5-9-19(21)25/h2-12,14,27H,13H2,1H3,(H,26,28)/t14-/m1/s1. The van der Waals surface area contributed by atoms with Gasteiger partial charge in [0.05, 0.1) is 11.3 Å². The highest BCUT2D eigenvalue weighted by atomic mass is 79.9. The first kappa shape index (κ1) is 22.9. The minimum Gasteiger partial charge on any atom is -0.351 e. The Morgan fingerprint density at radius 3 is 2.29 bits per heavy atom. The Labute approximate surface area is 187 Å². The van der Waals surface area contributed by atoms with Gasteiger partial charge in [0.2, 0.25) is 0 Å². The summed E-state index contributed by atoms with van der Waals surface area (Å²) < 4.78 is 55.9. The zero-order chi connectivity index (χ0) is 22.6. The molecule has 0 heterocycles. The van der Waals surface area contributed by atoms with Crippen molar-refractivity contribution in [1.29, 1.82) is 0 Å². The van der Waals surface area contributed by atoms with Crippen LogP contribution in [-0.2, 0) is 10.0 Å². The number of sulfonamides is 1. The molecule has 0 bridgehead atoms. The fourth-order valence-corrected chi connectivity index (χ4v) is 4.55. The van der Waals surface area contributed by atoms with E-state index in [1.165, 1.54) is 12.1 Å². The van der Waals surface area contributed by atoms with Gasteiger partial charge >= 0.3 is 0 Å². The van der Waals surface area contributed by atoms with Crippen molar-refractivity contribution in [3.63, 3.8) is 0 Å². The predicted octanol–water partition coefficient (Wildman–Crippen LogP) is 5.06. The number of nitrogens with one attached hydrogen (secondary N) is 2. The average molecular weight is 509 g/mol. The van der Waals surface area contributed by atoms with E-state index in [0.717, 1.165) is 23.8 Å². The number of carbonyl (C=O) groups is 1. The van der Waals surface area contributed by atoms with Gasteiger partial charge in [-0.2, -0.15) is 0 Å². The molecule has 0 aliphatic carbocycles. The van der Waals surface area contributed by atoms with Crippen LogP contribution in [0.5, 0.6) is 0 Å². The third kappa shape index (κ3) is 5.48. The van der Waals surface area contributed by atoms with Crippen LogP contribution in [0.25, 0.3) is 0 Å². The summed E-state index contributed by atoms with van der Waals surface area (Å²) in [4.78, 5) is 11.6. The third-order valence-electron chi connectivity index (χ3n) is 4.60. The van der Waals surface area contributed by atoms with Gasteiger partial charge in [-0.25, -0.2) is 17.2 Å². The molecular formula is C22H19BrF2N2O3S. The molecule has 1 atom stereocenters. The molecule has 31 heavy (non-hydrogen) atoms. The topological polar surface area (TPSA) is 75.3 Å². The number of hydrogen-bond donors (Lipinski definition) is 2. The first-order valence-corrected chi connectivity index (χ1v) is 11.6. The first-order valence-electron chi connectivity index (χ1n) is 9.28. The molecule has 0 saturated heterocycles. The molecule has 0 spiro atoms. The minimum absolute atomic E-state index is 0.0174. The second kappa shape index (κ2) is 9.57. The Morgan fingerprint density at radius 1 is 1.00 bits per heavy atom. The van der Waals surface area contributed by atoms with Crippen molar-refractivity contribution in [1.82, 2.24) is 5.32 Å². The summed E-state index contributed by atoms with van der Waals surface area (Å²) in [6, 6.07) is 16.7. The second-order valence-corrected chi connectivity index (χ2v) is 9.40. The van der Waals surface area contributed by atoms with E-state index < -0.39 is 32.5 Å². The summed E-state index contributed by atoms with van der Waals surface area (Å²) >= 11 is 3.22. The zero-order valence-electron chi connectivity index (χ0n) is 16.4. The average Bonchev–Trinajstić information content (AvgIpc) is 2.72. The molecule has 0 aliphatic heterocycles. The monoisotopic (exact) mass is 508 g/mol. The van der Waals surface area contributed by atoms with E-state index in [2.05, 4.69) is 26.0 Å². The fraction of sp³-hybridized carbons (Fsp3) is 0.136. The van der Waals surface area contributed by atoms with E-state index in [1.807, 2.05) is 37.3 Å². The number of benzene rings is 3. The number of amides is 1. The summed E-state index contributed by atoms with van der Waals surface area (Å²) in [5.74, 6) is -2.97. The lowest BCUT2D eigenvalue weighted by molar-refractivity contribution is 0.0952. The molecule has 0 aliphatic rings. The van der Waals surface area contributed by atoms with E-state index in [-0.39, 0.29) is 17.2 Å². The molecule has 0 saturated carbocycles. The maximum atomic E-state index is 14.0. The van der Waals surface area contributed by atoms with Crippen molar-refractivity contribution >= 4 is 37.5 Å². The van der Waals surface area contributed by atoms with Crippen LogP contribution in [0.3, 0.4) is 0 Å². The normalized spacial score (nSPS) is 12.3. The molecule has 0 fully saturated rings. The summed E-state index contributed by atoms with van der Waals surface area (Å²) in [6.07, 6.45) is 0. The molecule has 1 amide bonds. The molecule has 2 N–H and O–H groups in total. The van der Waals surface area contributed by atoms with Crippen LogP contribution < -0.4 is 10.0 Å². The zero-order valence-corrected chi connectivity index (χ0v) is 18.8. The van der Waals surface area contributed by atoms with Crippen LogP contribution in [0, 0.1) is 11.6 Å². The maximum Gasteiger partial charge on any atom is 0.267 e. The molecule has 162 valence electrons. The van der Waals surface area contributed by atoms with Gasteiger partial charge in [0.25, 0.3) is 15.9 Å². The van der Waals surface area contributed by atoms with Crippen molar-refractivity contribution in [2.45, 2.75) is 17.7 Å². The third-order valence-corrected chi connectivity index (χ3v) is 6.50. The summed E-state index contributed by atoms with van der Waals surface area (Å²) in [5, 5.41) is 2.77. The second-order valence-electron chi connectivity index (χ2n) is 6.87. The molecule has 5 nitrogen and oxygen atoms in total. The van der Waals surface area contributed by atoms with Crippen molar-refractivity contribution in [3.8, 4) is 0 Å². The highest BCUT2D eigenvalue weighted by Gasteiger charge is 2.26. The first-order chi connectivity index (χ1) is 14.7. The largest absolute Gasteiger partial charge is 0.351 e. The Hall–Kier alpha value is -2.78. The van der Waals surface area contributed by atoms with Gasteiger partial charge in [0, 0.05) is 11.0 Å². The lowest BCUT2D eigenvalue weighted by Crippen LogP contribution is -2.29. The van der Waals surface area contributed by atoms with Crippen LogP contribution in [0.15, 0.2) is 76.1 Å². The SMILES string of the molecule is C[C@H](CNC(=O)c1ccc(Br)cc1NS(=O)(=O)c1c(F)cccc1F)c1ccccc1. The maximum absolute atomic E-state index is 14.0. The van der Waals surface area contributed by atoms with Crippen LogP contribution in [0.4, 0.5) is 14.5 Å². The van der Waals surface area contributed by atoms with Crippen LogP contribution in [-0.4, -0.2) is 20.9 Å². The van der Waals surface area contributed by atoms with Gasteiger partial charge in [-0.3, -0.25) is 9.52 Å². The highest BCUT2D eigenvalue weighted by molar-refractivity contribution is 9.10. The quantitative estimate of drug-likeness (QED) is 0.468. The molecule has 0 radical (unpaired) electrons. The molecule has 3 aromatic rings. The smallest absolute Gasteiger partial charge is 0.267 e. The molecule has 3 rings (SSSR count). The van der Waals surface area contributed by atoms with E-state index in [4.69, 9.17) is 0 Å². The van der Waals surface area contributed by atoms with Crippen molar-refractivity contribution in [2.24, 2.45) is 0 Å². The van der Waals surface area contributed by atoms with Gasteiger partial charge in [-0.15, -0.1) is 0 Å². The summed E-state index contributed by atoms with van der Waals surface area (Å²) in [5.41, 5.74) is 0.945. The Morgan fingerprint density at radius 2 is 1.65 bits per heavy atom. The predicted molar refractivity (Wildman–Crippen MR) is 118 cm³/mol. The van der Waals surface area contributed by atoms with Crippen LogP contribution >= 0.6 is 15.9 Å². The summed E-state index contributed by atoms with van der Waals surface area (Å²) in [6.45, 7) is 2.26.